The van der Waals surface area contributed by atoms with Crippen molar-refractivity contribution in [2.75, 3.05) is 23.0 Å². The van der Waals surface area contributed by atoms with Crippen molar-refractivity contribution in [1.29, 1.82) is 0 Å². The Morgan fingerprint density at radius 1 is 0.938 bits per heavy atom. The van der Waals surface area contributed by atoms with Crippen molar-refractivity contribution in [3.05, 3.63) is 126 Å². The van der Waals surface area contributed by atoms with Crippen LogP contribution < -0.4 is 21.3 Å². The molecule has 1 saturated heterocycles. The Labute approximate surface area is 278 Å². The number of anilines is 4. The predicted octanol–water partition coefficient (Wildman–Crippen LogP) is 5.69. The van der Waals surface area contributed by atoms with Crippen LogP contribution in [0.15, 0.2) is 104 Å². The van der Waals surface area contributed by atoms with Gasteiger partial charge in [0.15, 0.2) is 0 Å². The summed E-state index contributed by atoms with van der Waals surface area (Å²) in [5.41, 5.74) is 7.56. The number of piperidine rings is 1. The number of aryl methyl sites for hydroxylation is 1. The van der Waals surface area contributed by atoms with Crippen LogP contribution in [-0.2, 0) is 22.7 Å². The maximum absolute atomic E-state index is 13.2. The van der Waals surface area contributed by atoms with Gasteiger partial charge in [-0.05, 0) is 85.6 Å². The standard InChI is InChI=1S/C37H36N8O3/c1-24-9-14-29(20-33(24)43-37-39-19-17-31(42-37)27-7-5-18-38-21-27)40-35(47)26-12-10-25(11-13-26)22-45(2)23-28-6-3-4-8-30(28)41-32-15-16-34(46)44-36(32)48/h3-14,17-21,32,41H,15-16,22-23H2,1-2H3,(H,40,47)(H,39,42,43)(H,44,46,48). The van der Waals surface area contributed by atoms with Crippen LogP contribution in [0.1, 0.15) is 39.9 Å². The van der Waals surface area contributed by atoms with E-state index in [-0.39, 0.29) is 17.7 Å². The van der Waals surface area contributed by atoms with Crippen LogP contribution in [0.25, 0.3) is 11.3 Å². The molecule has 1 unspecified atom stereocenters. The smallest absolute Gasteiger partial charge is 0.255 e. The SMILES string of the molecule is Cc1ccc(NC(=O)c2ccc(CN(C)Cc3ccccc3NC3CCC(=O)NC3=O)cc2)cc1Nc1nccc(-c2cccnc2)n1. The van der Waals surface area contributed by atoms with Crippen LogP contribution in [0.4, 0.5) is 23.0 Å². The van der Waals surface area contributed by atoms with Crippen LogP contribution in [0, 0.1) is 6.92 Å². The molecule has 11 heteroatoms. The van der Waals surface area contributed by atoms with Gasteiger partial charge in [0, 0.05) is 66.3 Å². The molecule has 6 rings (SSSR count). The Morgan fingerprint density at radius 3 is 2.56 bits per heavy atom. The molecule has 3 aromatic carbocycles. The van der Waals surface area contributed by atoms with E-state index in [1.165, 1.54) is 0 Å². The Morgan fingerprint density at radius 2 is 1.77 bits per heavy atom. The van der Waals surface area contributed by atoms with Crippen molar-refractivity contribution in [3.8, 4) is 11.3 Å². The van der Waals surface area contributed by atoms with Crippen LogP contribution >= 0.6 is 0 Å². The highest BCUT2D eigenvalue weighted by molar-refractivity contribution is 6.04. The van der Waals surface area contributed by atoms with Gasteiger partial charge in [-0.3, -0.25) is 29.6 Å². The number of nitrogens with zero attached hydrogens (tertiary/aromatic N) is 4. The minimum atomic E-state index is -0.445. The van der Waals surface area contributed by atoms with E-state index in [0.717, 1.165) is 39.3 Å². The van der Waals surface area contributed by atoms with Crippen LogP contribution in [0.2, 0.25) is 0 Å². The molecule has 0 radical (unpaired) electrons. The fraction of sp³-hybridized carbons (Fsp3) is 0.189. The van der Waals surface area contributed by atoms with E-state index in [9.17, 15) is 14.4 Å². The van der Waals surface area contributed by atoms with Crippen LogP contribution in [0.5, 0.6) is 0 Å². The third kappa shape index (κ3) is 8.06. The van der Waals surface area contributed by atoms with E-state index in [1.54, 1.807) is 18.6 Å². The van der Waals surface area contributed by atoms with Crippen molar-refractivity contribution in [3.63, 3.8) is 0 Å². The van der Waals surface area contributed by atoms with Crippen molar-refractivity contribution in [1.82, 2.24) is 25.2 Å². The zero-order chi connectivity index (χ0) is 33.5. The molecule has 0 bridgehead atoms. The topological polar surface area (TPSA) is 141 Å². The van der Waals surface area contributed by atoms with Gasteiger partial charge in [0.2, 0.25) is 17.8 Å². The fourth-order valence-corrected chi connectivity index (χ4v) is 5.49. The third-order valence-corrected chi connectivity index (χ3v) is 8.05. The molecule has 2 aromatic heterocycles. The molecule has 242 valence electrons. The number of imide groups is 1. The van der Waals surface area contributed by atoms with E-state index in [4.69, 9.17) is 0 Å². The molecule has 0 aliphatic carbocycles. The first-order valence-corrected chi connectivity index (χ1v) is 15.7. The summed E-state index contributed by atoms with van der Waals surface area (Å²) in [5.74, 6) is -0.303. The molecule has 0 spiro atoms. The van der Waals surface area contributed by atoms with E-state index in [0.29, 0.717) is 43.1 Å². The van der Waals surface area contributed by atoms with E-state index < -0.39 is 6.04 Å². The Kier molecular flexibility index (Phi) is 9.77. The lowest BCUT2D eigenvalue weighted by Gasteiger charge is -2.25. The first-order chi connectivity index (χ1) is 23.3. The number of nitrogens with one attached hydrogen (secondary N) is 4. The maximum Gasteiger partial charge on any atom is 0.255 e. The molecule has 0 saturated carbocycles. The Hall–Kier alpha value is -5.94. The molecule has 1 atom stereocenters. The fourth-order valence-electron chi connectivity index (χ4n) is 5.49. The average Bonchev–Trinajstić information content (AvgIpc) is 3.09. The molecule has 1 aliphatic heterocycles. The van der Waals surface area contributed by atoms with Gasteiger partial charge in [-0.2, -0.15) is 0 Å². The molecular weight excluding hydrogens is 604 g/mol. The van der Waals surface area contributed by atoms with E-state index in [2.05, 4.69) is 41.1 Å². The monoisotopic (exact) mass is 640 g/mol. The molecule has 4 N–H and O–H groups in total. The Bertz CT molecular complexity index is 1930. The van der Waals surface area contributed by atoms with Gasteiger partial charge < -0.3 is 16.0 Å². The summed E-state index contributed by atoms with van der Waals surface area (Å²) in [6, 6.07) is 26.3. The molecule has 1 fully saturated rings. The van der Waals surface area contributed by atoms with Crippen molar-refractivity contribution >= 4 is 40.7 Å². The lowest BCUT2D eigenvalue weighted by atomic mass is 10.0. The zero-order valence-electron chi connectivity index (χ0n) is 26.7. The molecule has 48 heavy (non-hydrogen) atoms. The third-order valence-electron chi connectivity index (χ3n) is 8.05. The predicted molar refractivity (Wildman–Crippen MR) is 186 cm³/mol. The first-order valence-electron chi connectivity index (χ1n) is 15.7. The largest absolute Gasteiger partial charge is 0.373 e. The van der Waals surface area contributed by atoms with Gasteiger partial charge in [-0.1, -0.05) is 36.4 Å². The first kappa shape index (κ1) is 32.0. The van der Waals surface area contributed by atoms with Crippen LogP contribution in [0.3, 0.4) is 0 Å². The minimum absolute atomic E-state index is 0.215. The Balaban J connectivity index is 1.05. The molecule has 3 amide bonds. The van der Waals surface area contributed by atoms with E-state index >= 15 is 0 Å². The summed E-state index contributed by atoms with van der Waals surface area (Å²) >= 11 is 0. The second-order valence-electron chi connectivity index (χ2n) is 11.8. The van der Waals surface area contributed by atoms with Gasteiger partial charge >= 0.3 is 0 Å². The van der Waals surface area contributed by atoms with Gasteiger partial charge in [0.1, 0.15) is 6.04 Å². The highest BCUT2D eigenvalue weighted by Crippen LogP contribution is 2.25. The van der Waals surface area contributed by atoms with Crippen molar-refractivity contribution in [2.45, 2.75) is 38.9 Å². The molecular formula is C37H36N8O3. The quantitative estimate of drug-likeness (QED) is 0.134. The average molecular weight is 641 g/mol. The molecule has 3 heterocycles. The van der Waals surface area contributed by atoms with Gasteiger partial charge in [-0.25, -0.2) is 9.97 Å². The number of hydrogen-bond acceptors (Lipinski definition) is 9. The number of amides is 3. The van der Waals surface area contributed by atoms with Crippen molar-refractivity contribution < 1.29 is 14.4 Å². The van der Waals surface area contributed by atoms with Gasteiger partial charge in [0.05, 0.1) is 5.69 Å². The van der Waals surface area contributed by atoms with E-state index in [1.807, 2.05) is 98.9 Å². The molecule has 5 aromatic rings. The second kappa shape index (κ2) is 14.7. The number of carbonyl (C=O) groups is 3. The normalized spacial score (nSPS) is 14.4. The maximum atomic E-state index is 13.2. The number of hydrogen-bond donors (Lipinski definition) is 4. The second-order valence-corrected chi connectivity index (χ2v) is 11.8. The van der Waals surface area contributed by atoms with Crippen molar-refractivity contribution in [2.24, 2.45) is 0 Å². The summed E-state index contributed by atoms with van der Waals surface area (Å²) in [7, 11) is 2.02. The molecule has 1 aliphatic rings. The van der Waals surface area contributed by atoms with Crippen LogP contribution in [-0.4, -0.2) is 50.7 Å². The summed E-state index contributed by atoms with van der Waals surface area (Å²) in [6.07, 6.45) is 5.95. The summed E-state index contributed by atoms with van der Waals surface area (Å²) in [5, 5.41) is 12.0. The number of aromatic nitrogens is 3. The number of pyridine rings is 1. The number of benzene rings is 3. The minimum Gasteiger partial charge on any atom is -0.373 e. The lowest BCUT2D eigenvalue weighted by molar-refractivity contribution is -0.133. The molecule has 11 nitrogen and oxygen atoms in total. The van der Waals surface area contributed by atoms with Gasteiger partial charge in [0.25, 0.3) is 5.91 Å². The zero-order valence-corrected chi connectivity index (χ0v) is 26.7. The summed E-state index contributed by atoms with van der Waals surface area (Å²) in [4.78, 5) is 52.3. The summed E-state index contributed by atoms with van der Waals surface area (Å²) in [6.45, 7) is 3.27. The highest BCUT2D eigenvalue weighted by Gasteiger charge is 2.26. The number of rotatable bonds is 11. The highest BCUT2D eigenvalue weighted by atomic mass is 16.2. The summed E-state index contributed by atoms with van der Waals surface area (Å²) < 4.78 is 0. The number of para-hydroxylation sites is 1. The number of carbonyl (C=O) groups excluding carboxylic acids is 3. The van der Waals surface area contributed by atoms with Gasteiger partial charge in [-0.15, -0.1) is 0 Å². The lowest BCUT2D eigenvalue weighted by Crippen LogP contribution is -2.47.